The van der Waals surface area contributed by atoms with Gasteiger partial charge in [0.05, 0.1) is 18.5 Å². The largest absolute Gasteiger partial charge is 0.476 e. The number of carbonyl (C=O) groups is 1. The fourth-order valence-corrected chi connectivity index (χ4v) is 4.25. The summed E-state index contributed by atoms with van der Waals surface area (Å²) in [5.41, 5.74) is 2.41. The first-order valence-corrected chi connectivity index (χ1v) is 11.2. The van der Waals surface area contributed by atoms with Crippen LogP contribution in [0.1, 0.15) is 17.5 Å². The second-order valence-electron chi connectivity index (χ2n) is 6.86. The molecule has 0 aromatic heterocycles. The Labute approximate surface area is 170 Å². The van der Waals surface area contributed by atoms with Crippen molar-refractivity contribution in [3.8, 4) is 5.75 Å². The van der Waals surface area contributed by atoms with Crippen molar-refractivity contribution in [3.63, 3.8) is 0 Å². The number of amides is 1. The van der Waals surface area contributed by atoms with Crippen LogP contribution in [0.25, 0.3) is 0 Å². The quantitative estimate of drug-likeness (QED) is 0.726. The van der Waals surface area contributed by atoms with Crippen molar-refractivity contribution < 1.29 is 17.9 Å². The molecular formula is C20H23ClN2O4S. The number of benzene rings is 2. The fourth-order valence-electron chi connectivity index (χ4n) is 3.12. The highest BCUT2D eigenvalue weighted by atomic mass is 35.5. The summed E-state index contributed by atoms with van der Waals surface area (Å²) in [5, 5.41) is 3.54. The molecule has 0 unspecified atom stereocenters. The number of nitrogens with one attached hydrogen (secondary N) is 1. The topological polar surface area (TPSA) is 75.7 Å². The van der Waals surface area contributed by atoms with Gasteiger partial charge in [0.15, 0.2) is 6.10 Å². The first-order chi connectivity index (χ1) is 13.3. The van der Waals surface area contributed by atoms with E-state index in [-0.39, 0.29) is 12.5 Å². The molecule has 3 rings (SSSR count). The smallest absolute Gasteiger partial charge is 0.263 e. The van der Waals surface area contributed by atoms with Gasteiger partial charge in [-0.05, 0) is 49.1 Å². The van der Waals surface area contributed by atoms with Crippen LogP contribution in [0.5, 0.6) is 5.75 Å². The minimum atomic E-state index is -3.53. The maximum absolute atomic E-state index is 12.5. The van der Waals surface area contributed by atoms with Gasteiger partial charge in [-0.3, -0.25) is 9.10 Å². The van der Waals surface area contributed by atoms with Crippen LogP contribution in [0.15, 0.2) is 42.5 Å². The number of sulfonamides is 1. The van der Waals surface area contributed by atoms with Crippen LogP contribution in [0.4, 0.5) is 5.69 Å². The Morgan fingerprint density at radius 3 is 2.75 bits per heavy atom. The molecule has 6 nitrogen and oxygen atoms in total. The Kier molecular flexibility index (Phi) is 6.15. The zero-order valence-electron chi connectivity index (χ0n) is 15.8. The van der Waals surface area contributed by atoms with Gasteiger partial charge in [0, 0.05) is 11.6 Å². The second-order valence-corrected chi connectivity index (χ2v) is 9.17. The van der Waals surface area contributed by atoms with Gasteiger partial charge in [-0.1, -0.05) is 35.9 Å². The van der Waals surface area contributed by atoms with E-state index in [1.165, 1.54) is 4.31 Å². The molecule has 0 fully saturated rings. The van der Waals surface area contributed by atoms with Crippen molar-refractivity contribution in [3.05, 3.63) is 58.6 Å². The Hall–Kier alpha value is -2.25. The summed E-state index contributed by atoms with van der Waals surface area (Å²) in [7, 11) is -3.53. The standard InChI is InChI=1S/C20H23ClN2O4S/c1-14-9-10-18-17(12-14)23(28(2,25)26)13-19(27-18)20(24)22-11-5-7-15-6-3-4-8-16(15)21/h3-4,6,8-10,12,19H,5,7,11,13H2,1-2H3,(H,22,24)/t19-/m1/s1. The van der Waals surface area contributed by atoms with Crippen LogP contribution >= 0.6 is 11.6 Å². The molecular weight excluding hydrogens is 400 g/mol. The molecule has 2 aromatic carbocycles. The minimum absolute atomic E-state index is 0.0500. The lowest BCUT2D eigenvalue weighted by Gasteiger charge is -2.34. The first kappa shape index (κ1) is 20.5. The normalized spacial score (nSPS) is 16.2. The predicted octanol–water partition coefficient (Wildman–Crippen LogP) is 2.92. The average molecular weight is 423 g/mol. The molecule has 1 atom stereocenters. The van der Waals surface area contributed by atoms with Gasteiger partial charge in [-0.15, -0.1) is 0 Å². The molecule has 0 bridgehead atoms. The molecule has 28 heavy (non-hydrogen) atoms. The third-order valence-electron chi connectivity index (χ3n) is 4.56. The van der Waals surface area contributed by atoms with Gasteiger partial charge >= 0.3 is 0 Å². The van der Waals surface area contributed by atoms with E-state index in [2.05, 4.69) is 5.32 Å². The molecule has 1 aliphatic heterocycles. The predicted molar refractivity (Wildman–Crippen MR) is 111 cm³/mol. The van der Waals surface area contributed by atoms with Gasteiger partial charge in [0.2, 0.25) is 10.0 Å². The van der Waals surface area contributed by atoms with E-state index in [0.717, 1.165) is 23.8 Å². The lowest BCUT2D eigenvalue weighted by Crippen LogP contribution is -2.50. The van der Waals surface area contributed by atoms with Gasteiger partial charge in [0.25, 0.3) is 5.91 Å². The number of nitrogens with zero attached hydrogens (tertiary/aromatic N) is 1. The zero-order valence-corrected chi connectivity index (χ0v) is 17.4. The van der Waals surface area contributed by atoms with E-state index < -0.39 is 16.1 Å². The first-order valence-electron chi connectivity index (χ1n) is 9.02. The molecule has 2 aromatic rings. The maximum atomic E-state index is 12.5. The molecule has 1 amide bonds. The molecule has 0 radical (unpaired) electrons. The number of rotatable bonds is 6. The fraction of sp³-hybridized carbons (Fsp3) is 0.350. The molecule has 1 N–H and O–H groups in total. The molecule has 0 saturated heterocycles. The lowest BCUT2D eigenvalue weighted by atomic mass is 10.1. The van der Waals surface area contributed by atoms with Crippen LogP contribution < -0.4 is 14.4 Å². The van der Waals surface area contributed by atoms with E-state index in [4.69, 9.17) is 16.3 Å². The Morgan fingerprint density at radius 2 is 2.04 bits per heavy atom. The zero-order chi connectivity index (χ0) is 20.3. The lowest BCUT2D eigenvalue weighted by molar-refractivity contribution is -0.127. The summed E-state index contributed by atoms with van der Waals surface area (Å²) in [5.74, 6) is 0.0533. The summed E-state index contributed by atoms with van der Waals surface area (Å²) in [6.07, 6.45) is 1.69. The highest BCUT2D eigenvalue weighted by Crippen LogP contribution is 2.35. The van der Waals surface area contributed by atoms with Crippen molar-refractivity contribution in [1.82, 2.24) is 5.32 Å². The maximum Gasteiger partial charge on any atom is 0.263 e. The molecule has 150 valence electrons. The second kappa shape index (κ2) is 8.41. The number of halogens is 1. The average Bonchev–Trinajstić information content (AvgIpc) is 2.64. The number of carbonyl (C=O) groups excluding carboxylic acids is 1. The van der Waals surface area contributed by atoms with Crippen LogP contribution in [-0.2, 0) is 21.2 Å². The SMILES string of the molecule is Cc1ccc2c(c1)N(S(C)(=O)=O)C[C@H](C(=O)NCCCc1ccccc1Cl)O2. The monoisotopic (exact) mass is 422 g/mol. The number of hydrogen-bond acceptors (Lipinski definition) is 4. The third-order valence-corrected chi connectivity index (χ3v) is 6.07. The van der Waals surface area contributed by atoms with Crippen molar-refractivity contribution in [2.75, 3.05) is 23.7 Å². The van der Waals surface area contributed by atoms with Crippen LogP contribution in [-0.4, -0.2) is 39.8 Å². The third kappa shape index (κ3) is 4.77. The van der Waals surface area contributed by atoms with Crippen molar-refractivity contribution in [2.24, 2.45) is 0 Å². The summed E-state index contributed by atoms with van der Waals surface area (Å²) in [6.45, 7) is 2.27. The molecule has 0 spiro atoms. The van der Waals surface area contributed by atoms with Crippen molar-refractivity contribution >= 4 is 33.2 Å². The van der Waals surface area contributed by atoms with Gasteiger partial charge in [-0.2, -0.15) is 0 Å². The van der Waals surface area contributed by atoms with Crippen molar-refractivity contribution in [2.45, 2.75) is 25.9 Å². The number of anilines is 1. The number of ether oxygens (including phenoxy) is 1. The molecule has 1 heterocycles. The summed E-state index contributed by atoms with van der Waals surface area (Å²) < 4.78 is 31.4. The summed E-state index contributed by atoms with van der Waals surface area (Å²) in [4.78, 5) is 12.5. The van der Waals surface area contributed by atoms with E-state index >= 15 is 0 Å². The van der Waals surface area contributed by atoms with Gasteiger partial charge in [-0.25, -0.2) is 8.42 Å². The number of fused-ring (bicyclic) bond motifs is 1. The van der Waals surface area contributed by atoms with E-state index in [1.807, 2.05) is 37.3 Å². The number of aryl methyl sites for hydroxylation is 2. The van der Waals surface area contributed by atoms with E-state index in [0.29, 0.717) is 29.4 Å². The minimum Gasteiger partial charge on any atom is -0.476 e. The van der Waals surface area contributed by atoms with Gasteiger partial charge in [0.1, 0.15) is 5.75 Å². The molecule has 1 aliphatic rings. The Bertz CT molecular complexity index is 978. The molecule has 8 heteroatoms. The Balaban J connectivity index is 1.63. The highest BCUT2D eigenvalue weighted by Gasteiger charge is 2.34. The van der Waals surface area contributed by atoms with E-state index in [9.17, 15) is 13.2 Å². The van der Waals surface area contributed by atoms with Crippen LogP contribution in [0, 0.1) is 6.92 Å². The molecule has 0 saturated carbocycles. The Morgan fingerprint density at radius 1 is 1.29 bits per heavy atom. The summed E-state index contributed by atoms with van der Waals surface area (Å²) in [6, 6.07) is 12.9. The van der Waals surface area contributed by atoms with Crippen LogP contribution in [0.3, 0.4) is 0 Å². The number of hydrogen-bond donors (Lipinski definition) is 1. The van der Waals surface area contributed by atoms with Crippen molar-refractivity contribution in [1.29, 1.82) is 0 Å². The highest BCUT2D eigenvalue weighted by molar-refractivity contribution is 7.92. The van der Waals surface area contributed by atoms with E-state index in [1.54, 1.807) is 12.1 Å². The van der Waals surface area contributed by atoms with Gasteiger partial charge < -0.3 is 10.1 Å². The van der Waals surface area contributed by atoms with Crippen LogP contribution in [0.2, 0.25) is 5.02 Å². The molecule has 0 aliphatic carbocycles. The summed E-state index contributed by atoms with van der Waals surface area (Å²) >= 11 is 6.14.